The van der Waals surface area contributed by atoms with Gasteiger partial charge in [-0.2, -0.15) is 0 Å². The number of carbonyl (C=O) groups is 3. The van der Waals surface area contributed by atoms with E-state index in [4.69, 9.17) is 0 Å². The van der Waals surface area contributed by atoms with Crippen LogP contribution in [0.2, 0.25) is 0 Å². The minimum atomic E-state index is -0.481. The lowest BCUT2D eigenvalue weighted by atomic mass is 9.97. The van der Waals surface area contributed by atoms with Crippen LogP contribution in [0.25, 0.3) is 0 Å². The zero-order chi connectivity index (χ0) is 19.1. The number of aldehydes is 1. The number of amides is 1. The zero-order valence-corrected chi connectivity index (χ0v) is 15.7. The molecule has 5 nitrogen and oxygen atoms in total. The number of para-hydroxylation sites is 1. The molecule has 27 heavy (non-hydrogen) atoms. The number of hydrogen-bond acceptors (Lipinski definition) is 5. The third kappa shape index (κ3) is 5.28. The summed E-state index contributed by atoms with van der Waals surface area (Å²) in [6.07, 6.45) is 1.76. The highest BCUT2D eigenvalue weighted by atomic mass is 32.2. The molecule has 2 aromatic rings. The van der Waals surface area contributed by atoms with E-state index in [0.29, 0.717) is 5.75 Å². The van der Waals surface area contributed by atoms with Gasteiger partial charge in [0.2, 0.25) is 5.91 Å². The van der Waals surface area contributed by atoms with Gasteiger partial charge in [0.15, 0.2) is 5.78 Å². The van der Waals surface area contributed by atoms with Crippen molar-refractivity contribution in [1.82, 2.24) is 4.72 Å². The Kier molecular flexibility index (Phi) is 6.79. The summed E-state index contributed by atoms with van der Waals surface area (Å²) in [6.45, 7) is 0. The molecule has 140 valence electrons. The number of anilines is 1. The molecule has 0 bridgehead atoms. The summed E-state index contributed by atoms with van der Waals surface area (Å²) in [5, 5.41) is 2.92. The molecule has 0 aliphatic carbocycles. The van der Waals surface area contributed by atoms with Crippen LogP contribution in [0, 0.1) is 5.92 Å². The van der Waals surface area contributed by atoms with Gasteiger partial charge in [0.1, 0.15) is 6.29 Å². The summed E-state index contributed by atoms with van der Waals surface area (Å²) in [7, 11) is 0. The molecule has 6 heteroatoms. The zero-order valence-electron chi connectivity index (χ0n) is 14.9. The number of carbonyl (C=O) groups excluding carboxylic acids is 3. The van der Waals surface area contributed by atoms with Crippen LogP contribution in [-0.2, 0) is 20.8 Å². The van der Waals surface area contributed by atoms with E-state index >= 15 is 0 Å². The summed E-state index contributed by atoms with van der Waals surface area (Å²) < 4.78 is 2.97. The van der Waals surface area contributed by atoms with Crippen LogP contribution in [0.1, 0.15) is 24.0 Å². The maximum atomic E-state index is 12.3. The minimum absolute atomic E-state index is 0.0928. The van der Waals surface area contributed by atoms with Gasteiger partial charge in [-0.25, -0.2) is 0 Å². The summed E-state index contributed by atoms with van der Waals surface area (Å²) in [5.41, 5.74) is 2.96. The van der Waals surface area contributed by atoms with Gasteiger partial charge >= 0.3 is 0 Å². The maximum Gasteiger partial charge on any atom is 0.224 e. The molecule has 1 unspecified atom stereocenters. The first-order chi connectivity index (χ1) is 13.2. The molecule has 1 aliphatic rings. The number of nitrogens with one attached hydrogen (secondary N) is 2. The fourth-order valence-electron chi connectivity index (χ4n) is 3.06. The van der Waals surface area contributed by atoms with Crippen molar-refractivity contribution in [2.24, 2.45) is 5.92 Å². The van der Waals surface area contributed by atoms with E-state index in [1.807, 2.05) is 54.6 Å². The normalized spacial score (nSPS) is 18.8. The molecular weight excluding hydrogens is 360 g/mol. The number of benzene rings is 2. The van der Waals surface area contributed by atoms with Crippen molar-refractivity contribution in [3.05, 3.63) is 65.7 Å². The highest BCUT2D eigenvalue weighted by Crippen LogP contribution is 2.22. The predicted molar refractivity (Wildman–Crippen MR) is 107 cm³/mol. The highest BCUT2D eigenvalue weighted by Gasteiger charge is 2.32. The van der Waals surface area contributed by atoms with Gasteiger partial charge in [0.25, 0.3) is 0 Å². The Morgan fingerprint density at radius 1 is 1.07 bits per heavy atom. The van der Waals surface area contributed by atoms with Crippen LogP contribution >= 0.6 is 11.9 Å². The molecule has 3 rings (SSSR count). The molecule has 1 aliphatic heterocycles. The van der Waals surface area contributed by atoms with Crippen molar-refractivity contribution in [2.45, 2.75) is 25.3 Å². The van der Waals surface area contributed by atoms with Gasteiger partial charge < -0.3 is 10.1 Å². The van der Waals surface area contributed by atoms with Crippen LogP contribution in [-0.4, -0.2) is 29.8 Å². The third-order valence-corrected chi connectivity index (χ3v) is 5.54. The Balaban J connectivity index is 1.56. The van der Waals surface area contributed by atoms with E-state index < -0.39 is 6.04 Å². The lowest BCUT2D eigenvalue weighted by molar-refractivity contribution is -0.126. The highest BCUT2D eigenvalue weighted by molar-refractivity contribution is 7.97. The van der Waals surface area contributed by atoms with Crippen LogP contribution in [0.3, 0.4) is 0 Å². The smallest absolute Gasteiger partial charge is 0.224 e. The van der Waals surface area contributed by atoms with E-state index in [-0.39, 0.29) is 30.4 Å². The number of hydrogen-bond donors (Lipinski definition) is 2. The first-order valence-electron chi connectivity index (χ1n) is 8.94. The van der Waals surface area contributed by atoms with E-state index in [0.717, 1.165) is 24.0 Å². The topological polar surface area (TPSA) is 75.3 Å². The summed E-state index contributed by atoms with van der Waals surface area (Å²) in [6, 6.07) is 17.3. The van der Waals surface area contributed by atoms with Crippen LogP contribution in [0.4, 0.5) is 5.69 Å². The van der Waals surface area contributed by atoms with E-state index in [1.165, 1.54) is 17.5 Å². The van der Waals surface area contributed by atoms with E-state index in [9.17, 15) is 14.4 Å². The summed E-state index contributed by atoms with van der Waals surface area (Å²) in [4.78, 5) is 35.6. The lowest BCUT2D eigenvalue weighted by Gasteiger charge is -2.13. The SMILES string of the molecule is O=C[C@@H]1CSNC1C(=O)CCC(=O)Nc1ccccc1Cc1ccccc1. The fraction of sp³-hybridized carbons (Fsp3) is 0.286. The molecule has 0 radical (unpaired) electrons. The van der Waals surface area contributed by atoms with Crippen molar-refractivity contribution in [2.75, 3.05) is 11.1 Å². The molecule has 1 amide bonds. The molecule has 1 fully saturated rings. The van der Waals surface area contributed by atoms with Gasteiger partial charge in [-0.1, -0.05) is 60.5 Å². The molecule has 0 saturated carbocycles. The number of rotatable bonds is 8. The second-order valence-corrected chi connectivity index (χ2v) is 7.40. The van der Waals surface area contributed by atoms with Crippen molar-refractivity contribution >= 4 is 35.6 Å². The molecular formula is C21H22N2O3S. The second kappa shape index (κ2) is 9.48. The molecule has 2 atom stereocenters. The van der Waals surface area contributed by atoms with Crippen LogP contribution in [0.5, 0.6) is 0 Å². The maximum absolute atomic E-state index is 12.3. The van der Waals surface area contributed by atoms with Gasteiger partial charge in [-0.3, -0.25) is 14.3 Å². The molecule has 2 aromatic carbocycles. The largest absolute Gasteiger partial charge is 0.326 e. The van der Waals surface area contributed by atoms with Gasteiger partial charge in [-0.15, -0.1) is 0 Å². The second-order valence-electron chi connectivity index (χ2n) is 6.54. The summed E-state index contributed by atoms with van der Waals surface area (Å²) >= 11 is 1.38. The van der Waals surface area contributed by atoms with Gasteiger partial charge in [-0.05, 0) is 23.6 Å². The van der Waals surface area contributed by atoms with Crippen LogP contribution < -0.4 is 10.0 Å². The van der Waals surface area contributed by atoms with Crippen LogP contribution in [0.15, 0.2) is 54.6 Å². The average Bonchev–Trinajstić information content (AvgIpc) is 3.17. The van der Waals surface area contributed by atoms with E-state index in [1.54, 1.807) is 0 Å². The molecule has 1 saturated heterocycles. The standard InChI is InChI=1S/C21H22N2O3S/c24-13-17-14-27-23-21(17)19(25)10-11-20(26)22-18-9-5-4-8-16(18)12-15-6-2-1-3-7-15/h1-9,13,17,21,23H,10-12,14H2,(H,22,26)/t17-,21?/m1/s1. The first kappa shape index (κ1) is 19.3. The Bertz CT molecular complexity index is 810. The van der Waals surface area contributed by atoms with Crippen molar-refractivity contribution < 1.29 is 14.4 Å². The molecule has 0 spiro atoms. The Hall–Kier alpha value is -2.44. The van der Waals surface area contributed by atoms with E-state index in [2.05, 4.69) is 10.0 Å². The Labute approximate surface area is 163 Å². The van der Waals surface area contributed by atoms with Crippen molar-refractivity contribution in [1.29, 1.82) is 0 Å². The van der Waals surface area contributed by atoms with Crippen molar-refractivity contribution in [3.63, 3.8) is 0 Å². The monoisotopic (exact) mass is 382 g/mol. The third-order valence-electron chi connectivity index (χ3n) is 4.56. The summed E-state index contributed by atoms with van der Waals surface area (Å²) in [5.74, 6) is -0.00182. The fourth-order valence-corrected chi connectivity index (χ4v) is 4.10. The van der Waals surface area contributed by atoms with Crippen molar-refractivity contribution in [3.8, 4) is 0 Å². The lowest BCUT2D eigenvalue weighted by Crippen LogP contribution is -2.35. The predicted octanol–water partition coefficient (Wildman–Crippen LogP) is 3.00. The molecule has 1 heterocycles. The number of ketones is 1. The minimum Gasteiger partial charge on any atom is -0.326 e. The van der Waals surface area contributed by atoms with Gasteiger partial charge in [0, 0.05) is 30.2 Å². The molecule has 0 aromatic heterocycles. The first-order valence-corrected chi connectivity index (χ1v) is 9.93. The number of Topliss-reactive ketones (excluding diaryl/α,β-unsaturated/α-hetero) is 1. The Morgan fingerprint density at radius 3 is 2.59 bits per heavy atom. The van der Waals surface area contributed by atoms with Gasteiger partial charge in [0.05, 0.1) is 6.04 Å². The average molecular weight is 382 g/mol. The quantitative estimate of drug-likeness (QED) is 0.542. The molecule has 2 N–H and O–H groups in total. The Morgan fingerprint density at radius 2 is 1.81 bits per heavy atom.